The maximum absolute atomic E-state index is 12.3. The molecule has 1 fully saturated rings. The molecule has 6 nitrogen and oxygen atoms in total. The van der Waals surface area contributed by atoms with E-state index in [9.17, 15) is 19.8 Å². The van der Waals surface area contributed by atoms with Crippen molar-refractivity contribution < 1.29 is 19.8 Å². The van der Waals surface area contributed by atoms with Crippen LogP contribution in [0.2, 0.25) is 0 Å². The van der Waals surface area contributed by atoms with Crippen molar-refractivity contribution in [2.24, 2.45) is 0 Å². The summed E-state index contributed by atoms with van der Waals surface area (Å²) in [5, 5.41) is 21.4. The Kier molecular flexibility index (Phi) is 5.47. The van der Waals surface area contributed by atoms with Crippen molar-refractivity contribution in [2.75, 3.05) is 6.54 Å². The molecule has 0 spiro atoms. The molecule has 3 N–H and O–H groups in total. The number of carbonyl (C=O) groups excluding carboxylic acids is 2. The summed E-state index contributed by atoms with van der Waals surface area (Å²) in [6.07, 6.45) is 2.67. The first-order valence-electron chi connectivity index (χ1n) is 7.99. The number of amides is 2. The van der Waals surface area contributed by atoms with Crippen molar-refractivity contribution in [3.63, 3.8) is 0 Å². The summed E-state index contributed by atoms with van der Waals surface area (Å²) in [6.45, 7) is 4.49. The Hall–Kier alpha value is -2.24. The van der Waals surface area contributed by atoms with Gasteiger partial charge >= 0.3 is 0 Å². The maximum Gasteiger partial charge on any atom is 0.245 e. The van der Waals surface area contributed by atoms with Crippen molar-refractivity contribution in [3.8, 4) is 11.5 Å². The van der Waals surface area contributed by atoms with E-state index in [2.05, 4.69) is 5.32 Å². The second kappa shape index (κ2) is 7.35. The molecule has 0 radical (unpaired) electrons. The lowest BCUT2D eigenvalue weighted by molar-refractivity contribution is -0.136. The summed E-state index contributed by atoms with van der Waals surface area (Å²) in [6, 6.07) is 4.19. The van der Waals surface area contributed by atoms with E-state index in [4.69, 9.17) is 0 Å². The zero-order chi connectivity index (χ0) is 17.0. The van der Waals surface area contributed by atoms with Crippen molar-refractivity contribution in [1.82, 2.24) is 10.2 Å². The summed E-state index contributed by atoms with van der Waals surface area (Å²) < 4.78 is 0. The molecule has 1 saturated heterocycles. The van der Waals surface area contributed by atoms with E-state index in [1.54, 1.807) is 13.0 Å². The van der Waals surface area contributed by atoms with E-state index < -0.39 is 6.04 Å². The van der Waals surface area contributed by atoms with Crippen LogP contribution in [0.5, 0.6) is 11.5 Å². The van der Waals surface area contributed by atoms with Gasteiger partial charge in [-0.05, 0) is 50.8 Å². The number of aromatic hydroxyl groups is 2. The zero-order valence-electron chi connectivity index (χ0n) is 13.6. The average Bonchev–Trinajstić information content (AvgIpc) is 2.93. The number of carbonyl (C=O) groups is 2. The fourth-order valence-electron chi connectivity index (χ4n) is 2.87. The Morgan fingerprint density at radius 2 is 2.09 bits per heavy atom. The quantitative estimate of drug-likeness (QED) is 0.718. The van der Waals surface area contributed by atoms with E-state index >= 15 is 0 Å². The van der Waals surface area contributed by atoms with Crippen LogP contribution in [0.1, 0.15) is 38.7 Å². The SMILES string of the molecule is CC(NC(=O)CCc1ccc(O)c(O)c1)C(=O)N1CCCC1C. The minimum absolute atomic E-state index is 0.0365. The molecule has 0 aromatic heterocycles. The molecule has 0 saturated carbocycles. The zero-order valence-corrected chi connectivity index (χ0v) is 13.6. The molecule has 2 atom stereocenters. The van der Waals surface area contributed by atoms with Crippen LogP contribution in [0.25, 0.3) is 0 Å². The van der Waals surface area contributed by atoms with Crippen LogP contribution in [0.4, 0.5) is 0 Å². The molecule has 23 heavy (non-hydrogen) atoms. The van der Waals surface area contributed by atoms with Crippen LogP contribution < -0.4 is 5.32 Å². The summed E-state index contributed by atoms with van der Waals surface area (Å²) in [7, 11) is 0. The van der Waals surface area contributed by atoms with Gasteiger partial charge in [-0.1, -0.05) is 6.07 Å². The Labute approximate surface area is 136 Å². The molecule has 2 amide bonds. The number of likely N-dealkylation sites (tertiary alicyclic amines) is 1. The van der Waals surface area contributed by atoms with Crippen LogP contribution in [0.3, 0.4) is 0 Å². The van der Waals surface area contributed by atoms with Gasteiger partial charge in [0.1, 0.15) is 6.04 Å². The molecule has 6 heteroatoms. The highest BCUT2D eigenvalue weighted by atomic mass is 16.3. The number of phenolic OH excluding ortho intramolecular Hbond substituents is 2. The van der Waals surface area contributed by atoms with Gasteiger partial charge in [0.25, 0.3) is 0 Å². The van der Waals surface area contributed by atoms with Crippen molar-refractivity contribution in [1.29, 1.82) is 0 Å². The Balaban J connectivity index is 1.81. The summed E-state index contributed by atoms with van der Waals surface area (Å²) in [4.78, 5) is 26.1. The number of hydrogen-bond donors (Lipinski definition) is 3. The lowest BCUT2D eigenvalue weighted by Gasteiger charge is -2.25. The molecular formula is C17H24N2O4. The first-order valence-corrected chi connectivity index (χ1v) is 7.99. The highest BCUT2D eigenvalue weighted by molar-refractivity contribution is 5.87. The van der Waals surface area contributed by atoms with E-state index in [0.717, 1.165) is 24.9 Å². The minimum Gasteiger partial charge on any atom is -0.504 e. The highest BCUT2D eigenvalue weighted by Gasteiger charge is 2.29. The highest BCUT2D eigenvalue weighted by Crippen LogP contribution is 2.25. The fourth-order valence-corrected chi connectivity index (χ4v) is 2.87. The fraction of sp³-hybridized carbons (Fsp3) is 0.529. The van der Waals surface area contributed by atoms with Gasteiger partial charge in [-0.2, -0.15) is 0 Å². The molecule has 0 bridgehead atoms. The van der Waals surface area contributed by atoms with Gasteiger partial charge in [0.05, 0.1) is 0 Å². The van der Waals surface area contributed by atoms with Crippen LogP contribution in [0, 0.1) is 0 Å². The van der Waals surface area contributed by atoms with E-state index in [-0.39, 0.29) is 35.8 Å². The second-order valence-corrected chi connectivity index (χ2v) is 6.14. The first-order chi connectivity index (χ1) is 10.9. The Morgan fingerprint density at radius 1 is 1.35 bits per heavy atom. The Morgan fingerprint density at radius 3 is 2.70 bits per heavy atom. The molecule has 1 aromatic carbocycles. The third-order valence-corrected chi connectivity index (χ3v) is 4.26. The van der Waals surface area contributed by atoms with Gasteiger partial charge in [-0.25, -0.2) is 0 Å². The van der Waals surface area contributed by atoms with Crippen LogP contribution in [-0.2, 0) is 16.0 Å². The van der Waals surface area contributed by atoms with Crippen molar-refractivity contribution in [2.45, 2.75) is 51.6 Å². The predicted molar refractivity (Wildman–Crippen MR) is 86.1 cm³/mol. The molecule has 1 heterocycles. The monoisotopic (exact) mass is 320 g/mol. The predicted octanol–water partition coefficient (Wildman–Crippen LogP) is 1.55. The molecule has 126 valence electrons. The summed E-state index contributed by atoms with van der Waals surface area (Å²) >= 11 is 0. The molecule has 1 aliphatic rings. The van der Waals surface area contributed by atoms with E-state index in [0.29, 0.717) is 6.42 Å². The second-order valence-electron chi connectivity index (χ2n) is 6.14. The van der Waals surface area contributed by atoms with Gasteiger partial charge in [0.15, 0.2) is 11.5 Å². The van der Waals surface area contributed by atoms with E-state index in [1.807, 2.05) is 11.8 Å². The minimum atomic E-state index is -0.531. The number of benzene rings is 1. The number of nitrogens with zero attached hydrogens (tertiary/aromatic N) is 1. The topological polar surface area (TPSA) is 89.9 Å². The van der Waals surface area contributed by atoms with Crippen molar-refractivity contribution in [3.05, 3.63) is 23.8 Å². The first kappa shape index (κ1) is 17.1. The largest absolute Gasteiger partial charge is 0.504 e. The molecule has 2 unspecified atom stereocenters. The smallest absolute Gasteiger partial charge is 0.245 e. The normalized spacial score (nSPS) is 18.7. The molecule has 1 aromatic rings. The van der Waals surface area contributed by atoms with Crippen LogP contribution in [-0.4, -0.2) is 45.6 Å². The number of aryl methyl sites for hydroxylation is 1. The standard InChI is InChI=1S/C17H24N2O4/c1-11-4-3-9-19(11)17(23)12(2)18-16(22)8-6-13-5-7-14(20)15(21)10-13/h5,7,10-12,20-21H,3-4,6,8-9H2,1-2H3,(H,18,22). The summed E-state index contributed by atoms with van der Waals surface area (Å²) in [5.41, 5.74) is 0.752. The third kappa shape index (κ3) is 4.37. The number of rotatable bonds is 5. The van der Waals surface area contributed by atoms with Gasteiger partial charge < -0.3 is 20.4 Å². The Bertz CT molecular complexity index is 588. The number of hydrogen-bond acceptors (Lipinski definition) is 4. The lowest BCUT2D eigenvalue weighted by atomic mass is 10.1. The van der Waals surface area contributed by atoms with Crippen LogP contribution in [0.15, 0.2) is 18.2 Å². The van der Waals surface area contributed by atoms with Crippen molar-refractivity contribution >= 4 is 11.8 Å². The average molecular weight is 320 g/mol. The maximum atomic E-state index is 12.3. The number of nitrogens with one attached hydrogen (secondary N) is 1. The van der Waals surface area contributed by atoms with Gasteiger partial charge in [-0.3, -0.25) is 9.59 Å². The molecule has 2 rings (SSSR count). The number of phenols is 2. The summed E-state index contributed by atoms with van der Waals surface area (Å²) in [5.74, 6) is -0.623. The van der Waals surface area contributed by atoms with Gasteiger partial charge in [0.2, 0.25) is 11.8 Å². The lowest BCUT2D eigenvalue weighted by Crippen LogP contribution is -2.48. The van der Waals surface area contributed by atoms with Gasteiger partial charge in [0, 0.05) is 19.0 Å². The molecule has 0 aliphatic carbocycles. The molecule has 1 aliphatic heterocycles. The van der Waals surface area contributed by atoms with E-state index in [1.165, 1.54) is 12.1 Å². The van der Waals surface area contributed by atoms with Crippen LogP contribution >= 0.6 is 0 Å². The van der Waals surface area contributed by atoms with Gasteiger partial charge in [-0.15, -0.1) is 0 Å². The molecular weight excluding hydrogens is 296 g/mol. The third-order valence-electron chi connectivity index (χ3n) is 4.26.